The van der Waals surface area contributed by atoms with Crippen LogP contribution in [0, 0.1) is 23.6 Å². The summed E-state index contributed by atoms with van der Waals surface area (Å²) in [6.07, 6.45) is 20.4. The third-order valence-electron chi connectivity index (χ3n) is 8.58. The number of hydrogen-bond acceptors (Lipinski definition) is 0. The maximum absolute atomic E-state index is 14.9. The molecule has 2 aliphatic carbocycles. The number of halogens is 1. The van der Waals surface area contributed by atoms with Crippen molar-refractivity contribution in [2.75, 3.05) is 0 Å². The van der Waals surface area contributed by atoms with E-state index in [1.165, 1.54) is 82.6 Å². The highest BCUT2D eigenvalue weighted by Gasteiger charge is 2.35. The van der Waals surface area contributed by atoms with E-state index in [-0.39, 0.29) is 5.82 Å². The Labute approximate surface area is 195 Å². The lowest BCUT2D eigenvalue weighted by molar-refractivity contribution is 0.113. The van der Waals surface area contributed by atoms with Crippen molar-refractivity contribution in [3.63, 3.8) is 0 Å². The summed E-state index contributed by atoms with van der Waals surface area (Å²) in [6, 6.07) is 10.6. The highest BCUT2D eigenvalue weighted by atomic mass is 19.1. The zero-order chi connectivity index (χ0) is 22.3. The molecule has 174 valence electrons. The van der Waals surface area contributed by atoms with Gasteiger partial charge in [-0.2, -0.15) is 0 Å². The third-order valence-corrected chi connectivity index (χ3v) is 8.58. The smallest absolute Gasteiger partial charge is 0.134 e. The predicted octanol–water partition coefficient (Wildman–Crippen LogP) is 9.76. The third kappa shape index (κ3) is 5.64. The molecule has 0 heterocycles. The lowest BCUT2D eigenvalue weighted by atomic mass is 9.63. The monoisotopic (exact) mass is 434 g/mol. The van der Waals surface area contributed by atoms with Gasteiger partial charge in [0.15, 0.2) is 0 Å². The van der Waals surface area contributed by atoms with Gasteiger partial charge in [-0.05, 0) is 85.1 Å². The van der Waals surface area contributed by atoms with Crippen LogP contribution >= 0.6 is 0 Å². The fourth-order valence-electron chi connectivity index (χ4n) is 6.65. The number of unbranched alkanes of at least 4 members (excludes halogenated alkanes) is 4. The molecule has 2 aromatic rings. The van der Waals surface area contributed by atoms with E-state index < -0.39 is 0 Å². The van der Waals surface area contributed by atoms with Gasteiger partial charge in [0.2, 0.25) is 0 Å². The van der Waals surface area contributed by atoms with Crippen molar-refractivity contribution < 1.29 is 4.39 Å². The molecule has 0 amide bonds. The molecule has 2 aliphatic rings. The maximum atomic E-state index is 14.9. The Hall–Kier alpha value is -1.63. The van der Waals surface area contributed by atoms with E-state index in [1.54, 1.807) is 0 Å². The van der Waals surface area contributed by atoms with Gasteiger partial charge in [-0.1, -0.05) is 88.3 Å². The average molecular weight is 435 g/mol. The van der Waals surface area contributed by atoms with E-state index in [9.17, 15) is 4.39 Å². The molecule has 1 heteroatoms. The molecule has 2 saturated carbocycles. The molecule has 2 aromatic carbocycles. The summed E-state index contributed by atoms with van der Waals surface area (Å²) in [6.45, 7) is 6.06. The molecule has 4 rings (SSSR count). The molecule has 2 unspecified atom stereocenters. The Kier molecular flexibility index (Phi) is 8.44. The van der Waals surface area contributed by atoms with Gasteiger partial charge in [-0.15, -0.1) is 6.58 Å². The van der Waals surface area contributed by atoms with E-state index in [0.717, 1.165) is 46.9 Å². The second-order valence-corrected chi connectivity index (χ2v) is 10.8. The van der Waals surface area contributed by atoms with Crippen LogP contribution in [0.5, 0.6) is 0 Å². The average Bonchev–Trinajstić information content (AvgIpc) is 2.83. The highest BCUT2D eigenvalue weighted by Crippen LogP contribution is 2.48. The van der Waals surface area contributed by atoms with E-state index in [1.807, 2.05) is 18.2 Å². The van der Waals surface area contributed by atoms with Gasteiger partial charge >= 0.3 is 0 Å². The SMILES string of the molecule is C=CCCc1ccc2cc([C@@H]3CC[C@@H]4CC(CCCCCCC)CCC4C3)ccc2c1F. The van der Waals surface area contributed by atoms with Crippen molar-refractivity contribution in [1.82, 2.24) is 0 Å². The van der Waals surface area contributed by atoms with Crippen molar-refractivity contribution >= 4 is 10.8 Å². The minimum atomic E-state index is -0.0346. The molecule has 0 radical (unpaired) electrons. The number of hydrogen-bond donors (Lipinski definition) is 0. The number of fused-ring (bicyclic) bond motifs is 2. The zero-order valence-electron chi connectivity index (χ0n) is 20.3. The summed E-state index contributed by atoms with van der Waals surface area (Å²) in [5, 5.41) is 1.85. The largest absolute Gasteiger partial charge is 0.206 e. The number of allylic oxidation sites excluding steroid dienone is 1. The Bertz CT molecular complexity index is 881. The first-order valence-electron chi connectivity index (χ1n) is 13.5. The molecule has 0 saturated heterocycles. The maximum Gasteiger partial charge on any atom is 0.134 e. The standard InChI is InChI=1S/C31H43F/c1-3-5-7-8-9-10-23-12-13-26-21-27(16-15-25(26)20-23)28-18-19-30-29(22-28)17-14-24(31(30)32)11-6-4-2/h4,14,17-19,22-23,25-27H,2-3,5-13,15-16,20-21H2,1H3/t23?,25-,26?,27-/m1/s1. The number of aryl methyl sites for hydroxylation is 1. The van der Waals surface area contributed by atoms with Gasteiger partial charge in [0.05, 0.1) is 0 Å². The van der Waals surface area contributed by atoms with Crippen molar-refractivity contribution in [3.05, 3.63) is 59.9 Å². The van der Waals surface area contributed by atoms with E-state index in [4.69, 9.17) is 0 Å². The summed E-state index contributed by atoms with van der Waals surface area (Å²) >= 11 is 0. The molecule has 32 heavy (non-hydrogen) atoms. The molecule has 0 spiro atoms. The first kappa shape index (κ1) is 23.5. The zero-order valence-corrected chi connectivity index (χ0v) is 20.3. The first-order valence-corrected chi connectivity index (χ1v) is 13.5. The summed E-state index contributed by atoms with van der Waals surface area (Å²) in [5.41, 5.74) is 2.25. The second-order valence-electron chi connectivity index (χ2n) is 10.8. The van der Waals surface area contributed by atoms with Crippen molar-refractivity contribution in [2.24, 2.45) is 17.8 Å². The van der Waals surface area contributed by atoms with Crippen LogP contribution < -0.4 is 0 Å². The summed E-state index contributed by atoms with van der Waals surface area (Å²) in [4.78, 5) is 0. The van der Waals surface area contributed by atoms with E-state index in [0.29, 0.717) is 5.92 Å². The molecular formula is C31H43F. The summed E-state index contributed by atoms with van der Waals surface area (Å²) in [7, 11) is 0. The van der Waals surface area contributed by atoms with Crippen LogP contribution in [0.3, 0.4) is 0 Å². The van der Waals surface area contributed by atoms with Gasteiger partial charge < -0.3 is 0 Å². The van der Waals surface area contributed by atoms with Crippen LogP contribution in [0.15, 0.2) is 43.0 Å². The molecule has 0 aliphatic heterocycles. The van der Waals surface area contributed by atoms with Crippen LogP contribution in [0.1, 0.15) is 107 Å². The number of rotatable bonds is 10. The van der Waals surface area contributed by atoms with Gasteiger partial charge in [0.25, 0.3) is 0 Å². The lowest BCUT2D eigenvalue weighted by Gasteiger charge is -2.42. The summed E-state index contributed by atoms with van der Waals surface area (Å²) in [5.74, 6) is 3.50. The second kappa shape index (κ2) is 11.5. The number of benzene rings is 2. The van der Waals surface area contributed by atoms with Crippen molar-refractivity contribution in [3.8, 4) is 0 Å². The Morgan fingerprint density at radius 1 is 0.938 bits per heavy atom. The predicted molar refractivity (Wildman–Crippen MR) is 137 cm³/mol. The Morgan fingerprint density at radius 3 is 2.59 bits per heavy atom. The minimum Gasteiger partial charge on any atom is -0.206 e. The van der Waals surface area contributed by atoms with Gasteiger partial charge in [-0.25, -0.2) is 4.39 Å². The van der Waals surface area contributed by atoms with Crippen LogP contribution in [-0.4, -0.2) is 0 Å². The van der Waals surface area contributed by atoms with Crippen LogP contribution in [0.2, 0.25) is 0 Å². The van der Waals surface area contributed by atoms with Crippen LogP contribution in [0.25, 0.3) is 10.8 Å². The van der Waals surface area contributed by atoms with Gasteiger partial charge in [0.1, 0.15) is 5.82 Å². The molecular weight excluding hydrogens is 391 g/mol. The van der Waals surface area contributed by atoms with Crippen molar-refractivity contribution in [1.29, 1.82) is 0 Å². The quantitative estimate of drug-likeness (QED) is 0.258. The molecule has 0 aromatic heterocycles. The lowest BCUT2D eigenvalue weighted by Crippen LogP contribution is -2.30. The Balaban J connectivity index is 1.34. The molecule has 0 nitrogen and oxygen atoms in total. The van der Waals surface area contributed by atoms with Gasteiger partial charge in [0, 0.05) is 5.39 Å². The van der Waals surface area contributed by atoms with E-state index in [2.05, 4.69) is 31.7 Å². The molecule has 2 fully saturated rings. The highest BCUT2D eigenvalue weighted by molar-refractivity contribution is 5.84. The fraction of sp³-hybridized carbons (Fsp3) is 0.613. The molecule has 0 bridgehead atoms. The van der Waals surface area contributed by atoms with Crippen LogP contribution in [-0.2, 0) is 6.42 Å². The Morgan fingerprint density at radius 2 is 1.75 bits per heavy atom. The minimum absolute atomic E-state index is 0.0346. The van der Waals surface area contributed by atoms with Gasteiger partial charge in [-0.3, -0.25) is 0 Å². The van der Waals surface area contributed by atoms with E-state index >= 15 is 0 Å². The first-order chi connectivity index (χ1) is 15.7. The molecule has 0 N–H and O–H groups in total. The molecule has 4 atom stereocenters. The van der Waals surface area contributed by atoms with Crippen LogP contribution in [0.4, 0.5) is 4.39 Å². The van der Waals surface area contributed by atoms with Crippen molar-refractivity contribution in [2.45, 2.75) is 103 Å². The fourth-order valence-corrected chi connectivity index (χ4v) is 6.65. The topological polar surface area (TPSA) is 0 Å². The normalized spacial score (nSPS) is 25.6. The summed E-state index contributed by atoms with van der Waals surface area (Å²) < 4.78 is 14.9.